The first-order chi connectivity index (χ1) is 15.8. The van der Waals surface area contributed by atoms with Crippen LogP contribution in [0.2, 0.25) is 0 Å². The van der Waals surface area contributed by atoms with Crippen LogP contribution in [-0.2, 0) is 5.54 Å². The first-order valence-corrected chi connectivity index (χ1v) is 13.1. The lowest BCUT2D eigenvalue weighted by atomic mass is 9.64. The Kier molecular flexibility index (Phi) is 5.31. The van der Waals surface area contributed by atoms with Gasteiger partial charge in [-0.15, -0.1) is 0 Å². The van der Waals surface area contributed by atoms with Crippen molar-refractivity contribution < 1.29 is 4.79 Å². The first kappa shape index (κ1) is 20.4. The van der Waals surface area contributed by atoms with Crippen LogP contribution in [0.25, 0.3) is 0 Å². The van der Waals surface area contributed by atoms with Gasteiger partial charge in [0.15, 0.2) is 5.82 Å². The molecular weight excluding hydrogens is 396 g/mol. The van der Waals surface area contributed by atoms with Gasteiger partial charge in [0, 0.05) is 23.4 Å². The first-order valence-electron chi connectivity index (χ1n) is 13.1. The summed E-state index contributed by atoms with van der Waals surface area (Å²) in [5, 5.41) is 5.28. The van der Waals surface area contributed by atoms with Gasteiger partial charge < -0.3 is 0 Å². The molecule has 1 aromatic carbocycles. The smallest absolute Gasteiger partial charge is 0.260 e. The zero-order valence-corrected chi connectivity index (χ0v) is 19.2. The summed E-state index contributed by atoms with van der Waals surface area (Å²) in [6, 6.07) is 10.1. The minimum atomic E-state index is 0.0616. The largest absolute Gasteiger partial charge is 0.273 e. The number of aromatic nitrogens is 3. The van der Waals surface area contributed by atoms with Gasteiger partial charge in [-0.25, -0.2) is 4.68 Å². The van der Waals surface area contributed by atoms with Crippen molar-refractivity contribution in [3.05, 3.63) is 41.7 Å². The average molecular weight is 433 g/mol. The second-order valence-electron chi connectivity index (χ2n) is 10.7. The highest BCUT2D eigenvalue weighted by Crippen LogP contribution is 2.53. The third-order valence-corrected chi connectivity index (χ3v) is 8.92. The van der Waals surface area contributed by atoms with Crippen LogP contribution in [0.5, 0.6) is 0 Å². The van der Waals surface area contributed by atoms with Crippen molar-refractivity contribution in [2.75, 3.05) is 4.90 Å². The molecule has 1 amide bonds. The van der Waals surface area contributed by atoms with Crippen molar-refractivity contribution in [3.8, 4) is 0 Å². The monoisotopic (exact) mass is 432 g/mol. The highest BCUT2D eigenvalue weighted by molar-refractivity contribution is 6.05. The molecule has 3 fully saturated rings. The zero-order chi connectivity index (χ0) is 21.5. The van der Waals surface area contributed by atoms with Gasteiger partial charge in [0.05, 0.1) is 5.54 Å². The van der Waals surface area contributed by atoms with E-state index in [9.17, 15) is 4.79 Å². The average Bonchev–Trinajstić information content (AvgIpc) is 3.32. The fourth-order valence-electron chi connectivity index (χ4n) is 7.37. The summed E-state index contributed by atoms with van der Waals surface area (Å²) in [6.07, 6.45) is 17.3. The van der Waals surface area contributed by atoms with Crippen LogP contribution in [0, 0.1) is 5.92 Å². The van der Waals surface area contributed by atoms with E-state index in [2.05, 4.69) is 9.58 Å². The molecule has 3 aliphatic carbocycles. The van der Waals surface area contributed by atoms with Crippen molar-refractivity contribution in [1.82, 2.24) is 14.8 Å². The summed E-state index contributed by atoms with van der Waals surface area (Å²) in [6.45, 7) is 0. The Balaban J connectivity index is 1.50. The Hall–Kier alpha value is -2.17. The summed E-state index contributed by atoms with van der Waals surface area (Å²) in [5.74, 6) is 2.92. The molecule has 4 aliphatic rings. The Morgan fingerprint density at radius 1 is 0.844 bits per heavy atom. The van der Waals surface area contributed by atoms with Crippen molar-refractivity contribution in [3.63, 3.8) is 0 Å². The predicted molar refractivity (Wildman–Crippen MR) is 126 cm³/mol. The van der Waals surface area contributed by atoms with E-state index < -0.39 is 0 Å². The number of hydrogen-bond donors (Lipinski definition) is 0. The number of carbonyl (C=O) groups is 1. The Morgan fingerprint density at radius 3 is 2.31 bits per heavy atom. The van der Waals surface area contributed by atoms with Crippen LogP contribution in [-0.4, -0.2) is 26.7 Å². The maximum absolute atomic E-state index is 13.9. The van der Waals surface area contributed by atoms with E-state index in [4.69, 9.17) is 10.1 Å². The SMILES string of the molecule is O=C(c1ccccc1)N1c2nc(C3CCCCC3)nn2C2(CCCCC2)[C@@H]2CCCC[C@@H]21. The molecule has 2 aromatic rings. The van der Waals surface area contributed by atoms with Gasteiger partial charge in [-0.1, -0.05) is 69.6 Å². The second kappa shape index (κ2) is 8.31. The van der Waals surface area contributed by atoms with Crippen molar-refractivity contribution >= 4 is 11.9 Å². The molecule has 5 nitrogen and oxygen atoms in total. The molecule has 0 N–H and O–H groups in total. The van der Waals surface area contributed by atoms with E-state index in [0.717, 1.165) is 23.8 Å². The second-order valence-corrected chi connectivity index (χ2v) is 10.7. The van der Waals surface area contributed by atoms with Crippen LogP contribution < -0.4 is 4.90 Å². The molecular formula is C27H36N4O. The molecule has 6 rings (SSSR count). The zero-order valence-electron chi connectivity index (χ0n) is 19.2. The van der Waals surface area contributed by atoms with Gasteiger partial charge in [-0.05, 0) is 50.7 Å². The standard InChI is InChI=1S/C27H36N4O/c32-25(21-14-6-2-7-15-21)30-23-17-9-8-16-22(23)27(18-10-3-11-19-27)31-26(30)28-24(29-31)20-12-4-1-5-13-20/h2,6-7,14-15,20,22-23H,1,3-5,8-13,16-19H2/t22-,23+/m1/s1. The van der Waals surface area contributed by atoms with Gasteiger partial charge in [-0.2, -0.15) is 10.1 Å². The van der Waals surface area contributed by atoms with Gasteiger partial charge >= 0.3 is 0 Å². The number of rotatable bonds is 2. The lowest BCUT2D eigenvalue weighted by molar-refractivity contribution is 0.0309. The summed E-state index contributed by atoms with van der Waals surface area (Å²) in [5.41, 5.74) is 0.830. The lowest BCUT2D eigenvalue weighted by Gasteiger charge is -2.55. The molecule has 0 radical (unpaired) electrons. The van der Waals surface area contributed by atoms with E-state index in [1.807, 2.05) is 30.3 Å². The van der Waals surface area contributed by atoms with Crippen molar-refractivity contribution in [2.45, 2.75) is 107 Å². The van der Waals surface area contributed by atoms with Gasteiger partial charge in [-0.3, -0.25) is 9.69 Å². The van der Waals surface area contributed by atoms with Crippen molar-refractivity contribution in [1.29, 1.82) is 0 Å². The van der Waals surface area contributed by atoms with Crippen LogP contribution in [0.3, 0.4) is 0 Å². The maximum atomic E-state index is 13.9. The van der Waals surface area contributed by atoms with E-state index in [1.54, 1.807) is 0 Å². The molecule has 1 aliphatic heterocycles. The third-order valence-electron chi connectivity index (χ3n) is 8.92. The molecule has 5 heteroatoms. The number of carbonyl (C=O) groups excluding carboxylic acids is 1. The highest BCUT2D eigenvalue weighted by atomic mass is 16.2. The predicted octanol–water partition coefficient (Wildman–Crippen LogP) is 6.20. The fourth-order valence-corrected chi connectivity index (χ4v) is 7.37. The molecule has 170 valence electrons. The summed E-state index contributed by atoms with van der Waals surface area (Å²) in [4.78, 5) is 21.2. The van der Waals surface area contributed by atoms with Crippen LogP contribution in [0.4, 0.5) is 5.95 Å². The number of amides is 1. The molecule has 0 unspecified atom stereocenters. The molecule has 2 atom stereocenters. The highest BCUT2D eigenvalue weighted by Gasteiger charge is 2.55. The number of hydrogen-bond acceptors (Lipinski definition) is 3. The minimum absolute atomic E-state index is 0.0616. The lowest BCUT2D eigenvalue weighted by Crippen LogP contribution is -2.61. The Morgan fingerprint density at radius 2 is 1.53 bits per heavy atom. The number of benzene rings is 1. The molecule has 1 spiro atoms. The maximum Gasteiger partial charge on any atom is 0.260 e. The normalized spacial score (nSPS) is 27.7. The molecule has 32 heavy (non-hydrogen) atoms. The quantitative estimate of drug-likeness (QED) is 0.567. The summed E-state index contributed by atoms with van der Waals surface area (Å²) in [7, 11) is 0. The van der Waals surface area contributed by atoms with E-state index >= 15 is 0 Å². The van der Waals surface area contributed by atoms with Crippen LogP contribution in [0.1, 0.15) is 112 Å². The molecule has 0 saturated heterocycles. The molecule has 3 saturated carbocycles. The Labute approximate surface area is 191 Å². The number of nitrogens with zero attached hydrogens (tertiary/aromatic N) is 4. The van der Waals surface area contributed by atoms with Gasteiger partial charge in [0.1, 0.15) is 0 Å². The summed E-state index contributed by atoms with van der Waals surface area (Å²) >= 11 is 0. The summed E-state index contributed by atoms with van der Waals surface area (Å²) < 4.78 is 2.30. The molecule has 1 aromatic heterocycles. The van der Waals surface area contributed by atoms with Gasteiger partial charge in [0.2, 0.25) is 5.95 Å². The number of fused-ring (bicyclic) bond motifs is 4. The molecule has 0 bridgehead atoms. The van der Waals surface area contributed by atoms with Crippen molar-refractivity contribution in [2.24, 2.45) is 5.92 Å². The van der Waals surface area contributed by atoms with E-state index in [0.29, 0.717) is 11.8 Å². The minimum Gasteiger partial charge on any atom is -0.273 e. The fraction of sp³-hybridized carbons (Fsp3) is 0.667. The van der Waals surface area contributed by atoms with Crippen LogP contribution in [0.15, 0.2) is 30.3 Å². The van der Waals surface area contributed by atoms with E-state index in [1.165, 1.54) is 83.5 Å². The van der Waals surface area contributed by atoms with Crippen LogP contribution >= 0.6 is 0 Å². The third kappa shape index (κ3) is 3.22. The number of anilines is 1. The Bertz CT molecular complexity index is 955. The van der Waals surface area contributed by atoms with Gasteiger partial charge in [0.25, 0.3) is 5.91 Å². The van der Waals surface area contributed by atoms with E-state index in [-0.39, 0.29) is 17.5 Å². The topological polar surface area (TPSA) is 51.0 Å². The molecule has 2 heterocycles.